The van der Waals surface area contributed by atoms with Gasteiger partial charge in [0.25, 0.3) is 0 Å². The number of carbonyl (C=O) groups excluding carboxylic acids is 1. The Morgan fingerprint density at radius 3 is 2.24 bits per heavy atom. The van der Waals surface area contributed by atoms with Crippen molar-refractivity contribution >= 4 is 11.9 Å². The lowest BCUT2D eigenvalue weighted by atomic mass is 9.75. The smallest absolute Gasteiger partial charge is 0.341 e. The number of hydrogen-bond donors (Lipinski definition) is 0. The van der Waals surface area contributed by atoms with Crippen LogP contribution in [0.3, 0.4) is 0 Å². The van der Waals surface area contributed by atoms with Gasteiger partial charge in [0.1, 0.15) is 0 Å². The molecule has 0 saturated carbocycles. The second-order valence-corrected chi connectivity index (χ2v) is 6.82. The van der Waals surface area contributed by atoms with Gasteiger partial charge in [-0.05, 0) is 30.0 Å². The molecule has 3 rings (SSSR count). The Morgan fingerprint density at radius 1 is 1.08 bits per heavy atom. The van der Waals surface area contributed by atoms with Crippen LogP contribution in [-0.2, 0) is 9.53 Å². The zero-order valence-electron chi connectivity index (χ0n) is 14.7. The molecule has 2 aromatic carbocycles. The van der Waals surface area contributed by atoms with Crippen molar-refractivity contribution in [1.29, 1.82) is 0 Å². The van der Waals surface area contributed by atoms with Crippen LogP contribution in [0.25, 0.3) is 0 Å². The van der Waals surface area contributed by atoms with E-state index in [1.54, 1.807) is 0 Å². The minimum absolute atomic E-state index is 0.232. The van der Waals surface area contributed by atoms with Crippen molar-refractivity contribution in [3.05, 3.63) is 84.4 Å². The van der Waals surface area contributed by atoms with E-state index in [9.17, 15) is 4.79 Å². The first kappa shape index (κ1) is 17.2. The molecule has 0 spiro atoms. The van der Waals surface area contributed by atoms with Crippen molar-refractivity contribution in [2.45, 2.75) is 31.7 Å². The van der Waals surface area contributed by atoms with Crippen LogP contribution in [0.15, 0.2) is 78.3 Å². The summed E-state index contributed by atoms with van der Waals surface area (Å²) >= 11 is 0. The molecule has 0 aliphatic carbocycles. The molecule has 128 valence electrons. The lowest BCUT2D eigenvalue weighted by Gasteiger charge is -2.31. The maximum atomic E-state index is 13.0. The summed E-state index contributed by atoms with van der Waals surface area (Å²) in [5, 5.41) is 0. The second kappa shape index (κ2) is 7.06. The topological polar surface area (TPSA) is 38.7 Å². The SMILES string of the molecule is C=C[C@@H](c1ccccc1)[C@@]1(CC(C)C)N=C(c2ccccc2)OC1=O. The van der Waals surface area contributed by atoms with Gasteiger partial charge < -0.3 is 4.74 Å². The van der Waals surface area contributed by atoms with Gasteiger partial charge in [-0.1, -0.05) is 68.5 Å². The molecule has 1 heterocycles. The Hall–Kier alpha value is -2.68. The molecule has 3 nitrogen and oxygen atoms in total. The first-order chi connectivity index (χ1) is 12.1. The molecule has 0 N–H and O–H groups in total. The Balaban J connectivity index is 2.11. The fourth-order valence-corrected chi connectivity index (χ4v) is 3.47. The highest BCUT2D eigenvalue weighted by Gasteiger charge is 2.51. The average molecular weight is 333 g/mol. The summed E-state index contributed by atoms with van der Waals surface area (Å²) in [7, 11) is 0. The van der Waals surface area contributed by atoms with Crippen molar-refractivity contribution in [2.24, 2.45) is 10.9 Å². The second-order valence-electron chi connectivity index (χ2n) is 6.82. The molecule has 0 saturated heterocycles. The minimum atomic E-state index is -0.970. The fourth-order valence-electron chi connectivity index (χ4n) is 3.47. The zero-order valence-corrected chi connectivity index (χ0v) is 14.7. The van der Waals surface area contributed by atoms with Crippen molar-refractivity contribution < 1.29 is 9.53 Å². The average Bonchev–Trinajstić information content (AvgIpc) is 2.94. The third-order valence-corrected chi connectivity index (χ3v) is 4.49. The zero-order chi connectivity index (χ0) is 17.9. The van der Waals surface area contributed by atoms with Gasteiger partial charge in [0.2, 0.25) is 5.90 Å². The van der Waals surface area contributed by atoms with Gasteiger partial charge in [-0.3, -0.25) is 0 Å². The van der Waals surface area contributed by atoms with Crippen molar-refractivity contribution in [3.63, 3.8) is 0 Å². The van der Waals surface area contributed by atoms with Gasteiger partial charge in [0.15, 0.2) is 5.54 Å². The summed E-state index contributed by atoms with van der Waals surface area (Å²) in [6.45, 7) is 8.18. The number of ether oxygens (including phenoxy) is 1. The van der Waals surface area contributed by atoms with E-state index in [1.807, 2.05) is 66.7 Å². The van der Waals surface area contributed by atoms with Crippen molar-refractivity contribution in [3.8, 4) is 0 Å². The predicted octanol–water partition coefficient (Wildman–Crippen LogP) is 4.74. The summed E-state index contributed by atoms with van der Waals surface area (Å²) < 4.78 is 5.63. The monoisotopic (exact) mass is 333 g/mol. The molecule has 3 heteroatoms. The number of benzene rings is 2. The van der Waals surface area contributed by atoms with Gasteiger partial charge in [-0.25, -0.2) is 9.79 Å². The molecule has 2 atom stereocenters. The van der Waals surface area contributed by atoms with E-state index in [1.165, 1.54) is 0 Å². The number of rotatable bonds is 6. The lowest BCUT2D eigenvalue weighted by Crippen LogP contribution is -2.41. The number of carbonyl (C=O) groups is 1. The van der Waals surface area contributed by atoms with Crippen LogP contribution < -0.4 is 0 Å². The van der Waals surface area contributed by atoms with Gasteiger partial charge in [-0.15, -0.1) is 6.58 Å². The van der Waals surface area contributed by atoms with E-state index >= 15 is 0 Å². The highest BCUT2D eigenvalue weighted by Crippen LogP contribution is 2.42. The summed E-state index contributed by atoms with van der Waals surface area (Å²) in [4.78, 5) is 17.8. The molecule has 0 aromatic heterocycles. The molecule has 0 amide bonds. The van der Waals surface area contributed by atoms with Crippen LogP contribution >= 0.6 is 0 Å². The fraction of sp³-hybridized carbons (Fsp3) is 0.273. The van der Waals surface area contributed by atoms with Crippen LogP contribution in [0.2, 0.25) is 0 Å². The number of nitrogens with zero attached hydrogens (tertiary/aromatic N) is 1. The van der Waals surface area contributed by atoms with E-state index < -0.39 is 5.54 Å². The molecule has 0 unspecified atom stereocenters. The number of aliphatic imine (C=N–C) groups is 1. The quantitative estimate of drug-likeness (QED) is 0.565. The van der Waals surface area contributed by atoms with Crippen LogP contribution in [0.1, 0.15) is 37.3 Å². The van der Waals surface area contributed by atoms with Gasteiger partial charge in [0, 0.05) is 11.5 Å². The number of esters is 1. The first-order valence-corrected chi connectivity index (χ1v) is 8.62. The highest BCUT2D eigenvalue weighted by molar-refractivity contribution is 6.08. The molecule has 0 radical (unpaired) electrons. The van der Waals surface area contributed by atoms with Gasteiger partial charge in [-0.2, -0.15) is 0 Å². The molecular weight excluding hydrogens is 310 g/mol. The largest absolute Gasteiger partial charge is 0.405 e. The number of hydrogen-bond acceptors (Lipinski definition) is 3. The highest BCUT2D eigenvalue weighted by atomic mass is 16.6. The van der Waals surface area contributed by atoms with Crippen LogP contribution in [0.5, 0.6) is 0 Å². The third kappa shape index (κ3) is 3.27. The Kier molecular flexibility index (Phi) is 4.84. The van der Waals surface area contributed by atoms with E-state index in [0.717, 1.165) is 11.1 Å². The molecular formula is C22H23NO2. The number of cyclic esters (lactones) is 1. The molecule has 1 aliphatic rings. The third-order valence-electron chi connectivity index (χ3n) is 4.49. The molecule has 0 fully saturated rings. The van der Waals surface area contributed by atoms with E-state index in [-0.39, 0.29) is 17.8 Å². The Labute approximate surface area is 149 Å². The first-order valence-electron chi connectivity index (χ1n) is 8.62. The molecule has 25 heavy (non-hydrogen) atoms. The molecule has 1 aliphatic heterocycles. The normalized spacial score (nSPS) is 20.9. The predicted molar refractivity (Wildman–Crippen MR) is 101 cm³/mol. The summed E-state index contributed by atoms with van der Waals surface area (Å²) in [6.07, 6.45) is 2.42. The standard InChI is InChI=1S/C22H23NO2/c1-4-19(17-11-7-5-8-12-17)22(15-16(2)3)21(24)25-20(23-22)18-13-9-6-10-14-18/h4-14,16,19H,1,15H2,2-3H3/t19-,22+/m0/s1. The molecule has 2 aromatic rings. The summed E-state index contributed by atoms with van der Waals surface area (Å²) in [5.41, 5.74) is 0.869. The van der Waals surface area contributed by atoms with Crippen molar-refractivity contribution in [1.82, 2.24) is 0 Å². The van der Waals surface area contributed by atoms with E-state index in [4.69, 9.17) is 9.73 Å². The maximum absolute atomic E-state index is 13.0. The Morgan fingerprint density at radius 2 is 1.68 bits per heavy atom. The van der Waals surface area contributed by atoms with Gasteiger partial charge >= 0.3 is 5.97 Å². The minimum Gasteiger partial charge on any atom is -0.405 e. The van der Waals surface area contributed by atoms with Crippen LogP contribution in [0.4, 0.5) is 0 Å². The summed E-state index contributed by atoms with van der Waals surface area (Å²) in [5.74, 6) is 0.158. The Bertz CT molecular complexity index is 780. The van der Waals surface area contributed by atoms with E-state index in [2.05, 4.69) is 20.4 Å². The van der Waals surface area contributed by atoms with Crippen molar-refractivity contribution in [2.75, 3.05) is 0 Å². The molecule has 0 bridgehead atoms. The lowest BCUT2D eigenvalue weighted by molar-refractivity contribution is -0.140. The van der Waals surface area contributed by atoms with Crippen LogP contribution in [-0.4, -0.2) is 17.4 Å². The van der Waals surface area contributed by atoms with Crippen LogP contribution in [0, 0.1) is 5.92 Å². The van der Waals surface area contributed by atoms with Gasteiger partial charge in [0.05, 0.1) is 0 Å². The maximum Gasteiger partial charge on any atom is 0.341 e. The summed E-state index contributed by atoms with van der Waals surface area (Å²) in [6, 6.07) is 19.5. The van der Waals surface area contributed by atoms with E-state index in [0.29, 0.717) is 12.3 Å².